The lowest BCUT2D eigenvalue weighted by molar-refractivity contribution is -0.117. The van der Waals surface area contributed by atoms with Crippen molar-refractivity contribution in [2.75, 3.05) is 38.5 Å². The molecule has 1 atom stereocenters. The summed E-state index contributed by atoms with van der Waals surface area (Å²) < 4.78 is 0. The molecule has 1 aromatic carbocycles. The molecular weight excluding hydrogens is 262 g/mol. The normalized spacial score (nSPS) is 19.6. The van der Waals surface area contributed by atoms with Gasteiger partial charge >= 0.3 is 0 Å². The van der Waals surface area contributed by atoms with E-state index in [1.54, 1.807) is 6.07 Å². The lowest BCUT2D eigenvalue weighted by Crippen LogP contribution is -2.32. The van der Waals surface area contributed by atoms with Gasteiger partial charge in [0.05, 0.1) is 17.3 Å². The number of carbonyl (C=O) groups is 1. The zero-order chi connectivity index (χ0) is 13.7. The predicted octanol–water partition coefficient (Wildman–Crippen LogP) is 1.82. The van der Waals surface area contributed by atoms with Crippen LogP contribution in [0.5, 0.6) is 0 Å². The van der Waals surface area contributed by atoms with Crippen LogP contribution >= 0.6 is 11.6 Å². The number of hydrogen-bond acceptors (Lipinski definition) is 3. The maximum atomic E-state index is 12.0. The van der Waals surface area contributed by atoms with E-state index in [0.717, 1.165) is 26.1 Å². The second kappa shape index (κ2) is 6.89. The highest BCUT2D eigenvalue weighted by molar-refractivity contribution is 6.33. The van der Waals surface area contributed by atoms with E-state index in [1.165, 1.54) is 0 Å². The van der Waals surface area contributed by atoms with Crippen LogP contribution in [0.15, 0.2) is 24.3 Å². The molecule has 2 rings (SSSR count). The molecule has 0 aliphatic carbocycles. The molecule has 1 aliphatic rings. The number of rotatable bonds is 5. The van der Waals surface area contributed by atoms with Crippen molar-refractivity contribution in [2.45, 2.75) is 6.42 Å². The molecule has 4 nitrogen and oxygen atoms in total. The number of likely N-dealkylation sites (tertiary alicyclic amines) is 1. The summed E-state index contributed by atoms with van der Waals surface area (Å²) in [5.41, 5.74) is 0.681. The van der Waals surface area contributed by atoms with Crippen LogP contribution in [0.1, 0.15) is 6.42 Å². The second-order valence-corrected chi connectivity index (χ2v) is 5.38. The van der Waals surface area contributed by atoms with Gasteiger partial charge in [-0.2, -0.15) is 0 Å². The van der Waals surface area contributed by atoms with Gasteiger partial charge in [-0.3, -0.25) is 9.69 Å². The number of anilines is 1. The van der Waals surface area contributed by atoms with Crippen LogP contribution in [0.25, 0.3) is 0 Å². The van der Waals surface area contributed by atoms with Crippen molar-refractivity contribution >= 4 is 23.2 Å². The quantitative estimate of drug-likeness (QED) is 0.865. The average Bonchev–Trinajstić information content (AvgIpc) is 2.80. The van der Waals surface area contributed by atoms with Crippen molar-refractivity contribution < 1.29 is 4.79 Å². The Morgan fingerprint density at radius 1 is 1.47 bits per heavy atom. The number of para-hydroxylation sites is 1. The van der Waals surface area contributed by atoms with Crippen molar-refractivity contribution in [1.29, 1.82) is 0 Å². The first kappa shape index (κ1) is 14.3. The molecule has 1 heterocycles. The first-order valence-corrected chi connectivity index (χ1v) is 6.98. The van der Waals surface area contributed by atoms with E-state index >= 15 is 0 Å². The standard InChI is InChI=1S/C14H20ClN3O/c1-16-8-11-6-7-18(9-11)10-14(19)17-13-5-3-2-4-12(13)15/h2-5,11,16H,6-10H2,1H3,(H,17,19). The van der Waals surface area contributed by atoms with Gasteiger partial charge in [-0.1, -0.05) is 23.7 Å². The van der Waals surface area contributed by atoms with Crippen molar-refractivity contribution in [3.05, 3.63) is 29.3 Å². The maximum Gasteiger partial charge on any atom is 0.238 e. The van der Waals surface area contributed by atoms with E-state index in [4.69, 9.17) is 11.6 Å². The number of hydrogen-bond donors (Lipinski definition) is 2. The lowest BCUT2D eigenvalue weighted by atomic mass is 10.1. The number of benzene rings is 1. The van der Waals surface area contributed by atoms with E-state index in [9.17, 15) is 4.79 Å². The van der Waals surface area contributed by atoms with E-state index in [0.29, 0.717) is 23.2 Å². The topological polar surface area (TPSA) is 44.4 Å². The fourth-order valence-corrected chi connectivity index (χ4v) is 2.65. The third-order valence-electron chi connectivity index (χ3n) is 3.38. The zero-order valence-electron chi connectivity index (χ0n) is 11.2. The minimum absolute atomic E-state index is 0.00166. The van der Waals surface area contributed by atoms with Gasteiger partial charge in [0, 0.05) is 6.54 Å². The van der Waals surface area contributed by atoms with Gasteiger partial charge in [0.2, 0.25) is 5.91 Å². The number of halogens is 1. The maximum absolute atomic E-state index is 12.0. The molecule has 0 spiro atoms. The summed E-state index contributed by atoms with van der Waals surface area (Å²) in [4.78, 5) is 14.1. The molecule has 1 amide bonds. The SMILES string of the molecule is CNCC1CCN(CC(=O)Nc2ccccc2Cl)C1. The first-order valence-electron chi connectivity index (χ1n) is 6.60. The predicted molar refractivity (Wildman–Crippen MR) is 78.6 cm³/mol. The highest BCUT2D eigenvalue weighted by Crippen LogP contribution is 2.20. The summed E-state index contributed by atoms with van der Waals surface area (Å²) in [5, 5.41) is 6.62. The van der Waals surface area contributed by atoms with Crippen molar-refractivity contribution in [3.8, 4) is 0 Å². The molecule has 2 N–H and O–H groups in total. The van der Waals surface area contributed by atoms with E-state index in [2.05, 4.69) is 15.5 Å². The van der Waals surface area contributed by atoms with Gasteiger partial charge in [0.25, 0.3) is 0 Å². The Morgan fingerprint density at radius 3 is 3.00 bits per heavy atom. The Balaban J connectivity index is 1.81. The van der Waals surface area contributed by atoms with Crippen molar-refractivity contribution in [1.82, 2.24) is 10.2 Å². The van der Waals surface area contributed by atoms with Crippen LogP contribution in [0.3, 0.4) is 0 Å². The molecule has 0 bridgehead atoms. The van der Waals surface area contributed by atoms with Gasteiger partial charge in [-0.15, -0.1) is 0 Å². The number of carbonyl (C=O) groups excluding carboxylic acids is 1. The van der Waals surface area contributed by atoms with E-state index < -0.39 is 0 Å². The van der Waals surface area contributed by atoms with Gasteiger partial charge in [-0.25, -0.2) is 0 Å². The van der Waals surface area contributed by atoms with E-state index in [-0.39, 0.29) is 5.91 Å². The van der Waals surface area contributed by atoms with Crippen LogP contribution in [-0.2, 0) is 4.79 Å². The van der Waals surface area contributed by atoms with Crippen LogP contribution in [0, 0.1) is 5.92 Å². The molecule has 1 saturated heterocycles. The second-order valence-electron chi connectivity index (χ2n) is 4.98. The number of amides is 1. The molecule has 1 fully saturated rings. The molecule has 104 valence electrons. The highest BCUT2D eigenvalue weighted by atomic mass is 35.5. The van der Waals surface area contributed by atoms with Gasteiger partial charge in [0.15, 0.2) is 0 Å². The monoisotopic (exact) mass is 281 g/mol. The average molecular weight is 282 g/mol. The van der Waals surface area contributed by atoms with Gasteiger partial charge < -0.3 is 10.6 Å². The molecule has 1 aliphatic heterocycles. The van der Waals surface area contributed by atoms with Crippen LogP contribution in [0.2, 0.25) is 5.02 Å². The molecule has 0 saturated carbocycles. The molecule has 1 aromatic rings. The molecule has 0 aromatic heterocycles. The van der Waals surface area contributed by atoms with Crippen molar-refractivity contribution in [2.24, 2.45) is 5.92 Å². The fraction of sp³-hybridized carbons (Fsp3) is 0.500. The largest absolute Gasteiger partial charge is 0.324 e. The van der Waals surface area contributed by atoms with E-state index in [1.807, 2.05) is 25.2 Å². The van der Waals surface area contributed by atoms with Crippen LogP contribution in [0.4, 0.5) is 5.69 Å². The smallest absolute Gasteiger partial charge is 0.238 e. The summed E-state index contributed by atoms with van der Waals surface area (Å²) in [6, 6.07) is 7.30. The Morgan fingerprint density at radius 2 is 2.26 bits per heavy atom. The summed E-state index contributed by atoms with van der Waals surface area (Å²) in [7, 11) is 1.97. The Hall–Kier alpha value is -1.10. The molecule has 5 heteroatoms. The van der Waals surface area contributed by atoms with Crippen LogP contribution in [-0.4, -0.2) is 44.0 Å². The molecule has 19 heavy (non-hydrogen) atoms. The van der Waals surface area contributed by atoms with Gasteiger partial charge in [0.1, 0.15) is 0 Å². The molecular formula is C14H20ClN3O. The number of nitrogens with one attached hydrogen (secondary N) is 2. The third-order valence-corrected chi connectivity index (χ3v) is 3.71. The fourth-order valence-electron chi connectivity index (χ4n) is 2.47. The first-order chi connectivity index (χ1) is 9.19. The van der Waals surface area contributed by atoms with Crippen LogP contribution < -0.4 is 10.6 Å². The minimum atomic E-state index is -0.00166. The third kappa shape index (κ3) is 4.20. The molecule has 1 unspecified atom stereocenters. The lowest BCUT2D eigenvalue weighted by Gasteiger charge is -2.16. The van der Waals surface area contributed by atoms with Crippen molar-refractivity contribution in [3.63, 3.8) is 0 Å². The Kier molecular flexibility index (Phi) is 5.19. The Bertz CT molecular complexity index is 438. The number of nitrogens with zero attached hydrogens (tertiary/aromatic N) is 1. The molecule has 0 radical (unpaired) electrons. The summed E-state index contributed by atoms with van der Waals surface area (Å²) >= 11 is 6.01. The minimum Gasteiger partial charge on any atom is -0.324 e. The summed E-state index contributed by atoms with van der Waals surface area (Å²) in [5.74, 6) is 0.649. The summed E-state index contributed by atoms with van der Waals surface area (Å²) in [6.07, 6.45) is 1.15. The summed E-state index contributed by atoms with van der Waals surface area (Å²) in [6.45, 7) is 3.42. The zero-order valence-corrected chi connectivity index (χ0v) is 11.9. The Labute approximate surface area is 119 Å². The highest BCUT2D eigenvalue weighted by Gasteiger charge is 2.23. The van der Waals surface area contributed by atoms with Gasteiger partial charge in [-0.05, 0) is 44.6 Å².